The van der Waals surface area contributed by atoms with Crippen LogP contribution in [0.15, 0.2) is 0 Å². The minimum absolute atomic E-state index is 0.0107. The number of piperidine rings is 1. The fourth-order valence-corrected chi connectivity index (χ4v) is 2.91. The molecule has 0 unspecified atom stereocenters. The molecule has 0 radical (unpaired) electrons. The molecule has 118 valence electrons. The average molecular weight is 282 g/mol. The number of hydrogen-bond acceptors (Lipinski definition) is 3. The molecule has 1 atom stereocenters. The first kappa shape index (κ1) is 17.6. The molecule has 1 aliphatic heterocycles. The minimum Gasteiger partial charge on any atom is -0.306 e. The lowest BCUT2D eigenvalue weighted by molar-refractivity contribution is -0.129. The molecule has 0 aromatic heterocycles. The van der Waals surface area contributed by atoms with Gasteiger partial charge in [0.25, 0.3) is 0 Å². The number of hydrogen-bond donors (Lipinski definition) is 1. The second-order valence-corrected chi connectivity index (χ2v) is 8.54. The molecule has 20 heavy (non-hydrogen) atoms. The van der Waals surface area contributed by atoms with Crippen LogP contribution in [0.1, 0.15) is 60.8 Å². The Hall–Kier alpha value is -0.410. The molecule has 1 N–H and O–H groups in total. The van der Waals surface area contributed by atoms with Gasteiger partial charge in [-0.1, -0.05) is 20.8 Å². The second kappa shape index (κ2) is 6.57. The monoisotopic (exact) mass is 282 g/mol. The maximum absolute atomic E-state index is 12.7. The molecule has 1 fully saturated rings. The van der Waals surface area contributed by atoms with Crippen molar-refractivity contribution in [1.29, 1.82) is 0 Å². The molecule has 1 heterocycles. The molecule has 3 nitrogen and oxygen atoms in total. The lowest BCUT2D eigenvalue weighted by Crippen LogP contribution is -2.52. The fourth-order valence-electron chi connectivity index (χ4n) is 2.91. The zero-order chi connectivity index (χ0) is 15.6. The van der Waals surface area contributed by atoms with Crippen LogP contribution in [0.3, 0.4) is 0 Å². The predicted octanol–water partition coefficient (Wildman–Crippen LogP) is 3.09. The highest BCUT2D eigenvalue weighted by Gasteiger charge is 2.34. The van der Waals surface area contributed by atoms with Crippen LogP contribution < -0.4 is 5.32 Å². The molecule has 0 bridgehead atoms. The van der Waals surface area contributed by atoms with Crippen molar-refractivity contribution in [2.45, 2.75) is 72.4 Å². The Morgan fingerprint density at radius 2 is 1.65 bits per heavy atom. The molecule has 1 saturated heterocycles. The van der Waals surface area contributed by atoms with Crippen LogP contribution in [-0.2, 0) is 4.79 Å². The van der Waals surface area contributed by atoms with Gasteiger partial charge < -0.3 is 10.2 Å². The summed E-state index contributed by atoms with van der Waals surface area (Å²) in [6.07, 6.45) is 3.42. The molecular formula is C17H34N2O. The predicted molar refractivity (Wildman–Crippen MR) is 86.0 cm³/mol. The van der Waals surface area contributed by atoms with Crippen LogP contribution in [0, 0.1) is 11.3 Å². The standard InChI is InChI=1S/C17H34N2O/c1-16(2,3)15(20)14(18-17(4,5)6)12-13-8-10-19(7)11-9-13/h13-14,18H,8-12H2,1-7H3/t14-/m0/s1. The van der Waals surface area contributed by atoms with E-state index in [1.165, 1.54) is 12.8 Å². The van der Waals surface area contributed by atoms with Crippen LogP contribution >= 0.6 is 0 Å². The minimum atomic E-state index is -0.269. The SMILES string of the molecule is CN1CCC(C[C@H](NC(C)(C)C)C(=O)C(C)(C)C)CC1. The van der Waals surface area contributed by atoms with Crippen molar-refractivity contribution in [3.8, 4) is 0 Å². The summed E-state index contributed by atoms with van der Waals surface area (Å²) in [7, 11) is 2.18. The van der Waals surface area contributed by atoms with E-state index in [-0.39, 0.29) is 17.0 Å². The molecule has 0 aliphatic carbocycles. The number of likely N-dealkylation sites (tertiary alicyclic amines) is 1. The first-order valence-electron chi connectivity index (χ1n) is 7.99. The molecule has 0 saturated carbocycles. The second-order valence-electron chi connectivity index (χ2n) is 8.54. The Morgan fingerprint density at radius 3 is 2.05 bits per heavy atom. The summed E-state index contributed by atoms with van der Waals surface area (Å²) in [5, 5.41) is 3.56. The van der Waals surface area contributed by atoms with Gasteiger partial charge in [0.2, 0.25) is 0 Å². The van der Waals surface area contributed by atoms with Gasteiger partial charge in [-0.15, -0.1) is 0 Å². The van der Waals surface area contributed by atoms with E-state index in [1.807, 2.05) is 20.8 Å². The van der Waals surface area contributed by atoms with Crippen molar-refractivity contribution in [2.24, 2.45) is 11.3 Å². The highest BCUT2D eigenvalue weighted by atomic mass is 16.1. The van der Waals surface area contributed by atoms with E-state index < -0.39 is 0 Å². The van der Waals surface area contributed by atoms with E-state index in [1.54, 1.807) is 0 Å². The van der Waals surface area contributed by atoms with E-state index >= 15 is 0 Å². The summed E-state index contributed by atoms with van der Waals surface area (Å²) in [5.74, 6) is 1.03. The van der Waals surface area contributed by atoms with E-state index in [2.05, 4.69) is 38.0 Å². The lowest BCUT2D eigenvalue weighted by Gasteiger charge is -2.36. The first-order chi connectivity index (χ1) is 8.99. The lowest BCUT2D eigenvalue weighted by atomic mass is 9.80. The number of nitrogens with one attached hydrogen (secondary N) is 1. The van der Waals surface area contributed by atoms with Crippen LogP contribution in [0.5, 0.6) is 0 Å². The van der Waals surface area contributed by atoms with Gasteiger partial charge in [0, 0.05) is 11.0 Å². The zero-order valence-corrected chi connectivity index (χ0v) is 14.5. The molecule has 0 amide bonds. The number of nitrogens with zero attached hydrogens (tertiary/aromatic N) is 1. The summed E-state index contributed by atoms with van der Waals surface area (Å²) in [5.41, 5.74) is -0.286. The van der Waals surface area contributed by atoms with Gasteiger partial charge in [-0.3, -0.25) is 4.79 Å². The average Bonchev–Trinajstić information content (AvgIpc) is 2.27. The van der Waals surface area contributed by atoms with Crippen molar-refractivity contribution in [2.75, 3.05) is 20.1 Å². The quantitative estimate of drug-likeness (QED) is 0.860. The van der Waals surface area contributed by atoms with Gasteiger partial charge in [0.1, 0.15) is 0 Å². The summed E-state index contributed by atoms with van der Waals surface area (Å²) in [6, 6.07) is -0.0107. The van der Waals surface area contributed by atoms with Gasteiger partial charge >= 0.3 is 0 Å². The molecular weight excluding hydrogens is 248 g/mol. The van der Waals surface area contributed by atoms with Crippen molar-refractivity contribution < 1.29 is 4.79 Å². The zero-order valence-electron chi connectivity index (χ0n) is 14.5. The maximum Gasteiger partial charge on any atom is 0.155 e. The van der Waals surface area contributed by atoms with Gasteiger partial charge in [-0.25, -0.2) is 0 Å². The number of rotatable bonds is 4. The van der Waals surface area contributed by atoms with Crippen LogP contribution in [0.4, 0.5) is 0 Å². The summed E-state index contributed by atoms with van der Waals surface area (Å²) in [6.45, 7) is 14.8. The first-order valence-corrected chi connectivity index (χ1v) is 7.99. The van der Waals surface area contributed by atoms with Crippen LogP contribution in [0.25, 0.3) is 0 Å². The van der Waals surface area contributed by atoms with Crippen molar-refractivity contribution in [3.05, 3.63) is 0 Å². The molecule has 1 rings (SSSR count). The van der Waals surface area contributed by atoms with E-state index in [0.717, 1.165) is 19.5 Å². The van der Waals surface area contributed by atoms with E-state index in [0.29, 0.717) is 11.7 Å². The Kier molecular flexibility index (Phi) is 5.79. The summed E-state index contributed by atoms with van der Waals surface area (Å²) in [4.78, 5) is 15.1. The molecule has 0 spiro atoms. The maximum atomic E-state index is 12.7. The summed E-state index contributed by atoms with van der Waals surface area (Å²) >= 11 is 0. The van der Waals surface area contributed by atoms with Gasteiger partial charge in [-0.05, 0) is 66.1 Å². The van der Waals surface area contributed by atoms with Crippen LogP contribution in [-0.4, -0.2) is 42.4 Å². The Bertz CT molecular complexity index is 317. The highest BCUT2D eigenvalue weighted by molar-refractivity contribution is 5.88. The Labute approximate surface area is 125 Å². The van der Waals surface area contributed by atoms with Crippen molar-refractivity contribution in [1.82, 2.24) is 10.2 Å². The van der Waals surface area contributed by atoms with Gasteiger partial charge in [0.05, 0.1) is 6.04 Å². The molecule has 0 aromatic rings. The van der Waals surface area contributed by atoms with E-state index in [4.69, 9.17) is 0 Å². The normalized spacial score (nSPS) is 20.9. The van der Waals surface area contributed by atoms with Crippen molar-refractivity contribution in [3.63, 3.8) is 0 Å². The third-order valence-electron chi connectivity index (χ3n) is 4.07. The molecule has 0 aromatic carbocycles. The van der Waals surface area contributed by atoms with Crippen LogP contribution in [0.2, 0.25) is 0 Å². The number of carbonyl (C=O) groups excluding carboxylic acids is 1. The Balaban J connectivity index is 2.70. The number of ketones is 1. The third kappa shape index (κ3) is 5.92. The molecule has 3 heteroatoms. The number of Topliss-reactive ketones (excluding diaryl/α,β-unsaturated/α-hetero) is 1. The topological polar surface area (TPSA) is 32.3 Å². The fraction of sp³-hybridized carbons (Fsp3) is 0.941. The van der Waals surface area contributed by atoms with E-state index in [9.17, 15) is 4.79 Å². The largest absolute Gasteiger partial charge is 0.306 e. The van der Waals surface area contributed by atoms with Gasteiger partial charge in [-0.2, -0.15) is 0 Å². The van der Waals surface area contributed by atoms with Gasteiger partial charge in [0.15, 0.2) is 5.78 Å². The molecule has 1 aliphatic rings. The summed E-state index contributed by atoms with van der Waals surface area (Å²) < 4.78 is 0. The highest BCUT2D eigenvalue weighted by Crippen LogP contribution is 2.26. The smallest absolute Gasteiger partial charge is 0.155 e. The van der Waals surface area contributed by atoms with Crippen molar-refractivity contribution >= 4 is 5.78 Å². The Morgan fingerprint density at radius 1 is 1.15 bits per heavy atom. The number of carbonyl (C=O) groups is 1. The third-order valence-corrected chi connectivity index (χ3v) is 4.07.